The van der Waals surface area contributed by atoms with Crippen molar-refractivity contribution in [2.24, 2.45) is 5.92 Å². The van der Waals surface area contributed by atoms with Crippen LogP contribution in [0.15, 0.2) is 0 Å². The van der Waals surface area contributed by atoms with Gasteiger partial charge in [0.05, 0.1) is 12.1 Å². The van der Waals surface area contributed by atoms with E-state index in [1.165, 1.54) is 26.2 Å². The van der Waals surface area contributed by atoms with Gasteiger partial charge >= 0.3 is 0 Å². The van der Waals surface area contributed by atoms with Crippen LogP contribution < -0.4 is 0 Å². The topological polar surface area (TPSA) is 47.6 Å². The van der Waals surface area contributed by atoms with Crippen molar-refractivity contribution < 1.29 is 0 Å². The first-order chi connectivity index (χ1) is 4.85. The zero-order chi connectivity index (χ0) is 7.82. The fourth-order valence-corrected chi connectivity index (χ4v) is 0.826. The van der Waals surface area contributed by atoms with Crippen LogP contribution in [0.5, 0.6) is 0 Å². The van der Waals surface area contributed by atoms with Crippen LogP contribution in [-0.4, -0.2) is 0 Å². The van der Waals surface area contributed by atoms with Gasteiger partial charge in [-0.25, -0.2) is 0 Å². The molecule has 0 heterocycles. The average molecular weight is 136 g/mol. The summed E-state index contributed by atoms with van der Waals surface area (Å²) in [4.78, 5) is 0. The molecule has 54 valence electrons. The number of hydrogen-bond acceptors (Lipinski definition) is 2. The highest BCUT2D eigenvalue weighted by Gasteiger charge is 2.15. The second-order valence-corrected chi connectivity index (χ2v) is 2.38. The van der Waals surface area contributed by atoms with Crippen molar-refractivity contribution in [1.29, 1.82) is 10.5 Å². The Morgan fingerprint density at radius 1 is 1.40 bits per heavy atom. The molecule has 0 bridgehead atoms. The third-order valence-corrected chi connectivity index (χ3v) is 1.60. The number of nitrogens with zero attached hydrogens (tertiary/aromatic N) is 2. The Morgan fingerprint density at radius 2 is 1.90 bits per heavy atom. The van der Waals surface area contributed by atoms with E-state index in [9.17, 15) is 0 Å². The minimum atomic E-state index is 0.769. The van der Waals surface area contributed by atoms with Crippen LogP contribution in [0.2, 0.25) is 0 Å². The van der Waals surface area contributed by atoms with E-state index in [1.54, 1.807) is 6.07 Å². The van der Waals surface area contributed by atoms with Crippen LogP contribution in [0.1, 0.15) is 32.6 Å². The maximum absolute atomic E-state index is 8.15. The standard InChI is InChI=1S/C6H9N.C2H3N/c7-5-4-6-2-1-3-6;1-2-3/h6H,1-4H2;1H3. The molecule has 1 aliphatic rings. The predicted molar refractivity (Wildman–Crippen MR) is 38.9 cm³/mol. The minimum absolute atomic E-state index is 0.769. The zero-order valence-corrected chi connectivity index (χ0v) is 6.30. The van der Waals surface area contributed by atoms with Crippen LogP contribution in [-0.2, 0) is 0 Å². The Hall–Kier alpha value is -1.02. The Kier molecular flexibility index (Phi) is 5.48. The van der Waals surface area contributed by atoms with Crippen LogP contribution in [0, 0.1) is 28.6 Å². The van der Waals surface area contributed by atoms with Gasteiger partial charge in [0.15, 0.2) is 0 Å². The average Bonchev–Trinajstić information content (AvgIpc) is 1.81. The van der Waals surface area contributed by atoms with Gasteiger partial charge in [0, 0.05) is 13.3 Å². The lowest BCUT2D eigenvalue weighted by atomic mass is 9.84. The van der Waals surface area contributed by atoms with E-state index in [-0.39, 0.29) is 0 Å². The van der Waals surface area contributed by atoms with Gasteiger partial charge in [-0.05, 0) is 18.8 Å². The molecule has 0 amide bonds. The van der Waals surface area contributed by atoms with Crippen molar-refractivity contribution in [2.45, 2.75) is 32.6 Å². The van der Waals surface area contributed by atoms with Crippen molar-refractivity contribution in [3.05, 3.63) is 0 Å². The Balaban J connectivity index is 0.000000236. The van der Waals surface area contributed by atoms with E-state index in [0.29, 0.717) is 0 Å². The summed E-state index contributed by atoms with van der Waals surface area (Å²) in [7, 11) is 0. The van der Waals surface area contributed by atoms with Gasteiger partial charge in [-0.2, -0.15) is 10.5 Å². The maximum atomic E-state index is 8.15. The van der Waals surface area contributed by atoms with Gasteiger partial charge in [-0.3, -0.25) is 0 Å². The number of hydrogen-bond donors (Lipinski definition) is 0. The van der Waals surface area contributed by atoms with Crippen molar-refractivity contribution >= 4 is 0 Å². The fraction of sp³-hybridized carbons (Fsp3) is 0.750. The van der Waals surface area contributed by atoms with Crippen LogP contribution >= 0.6 is 0 Å². The van der Waals surface area contributed by atoms with Crippen LogP contribution in [0.25, 0.3) is 0 Å². The molecule has 0 saturated heterocycles. The number of nitriles is 2. The summed E-state index contributed by atoms with van der Waals surface area (Å²) >= 11 is 0. The molecule has 0 aromatic rings. The zero-order valence-electron chi connectivity index (χ0n) is 6.30. The lowest BCUT2D eigenvalue weighted by Crippen LogP contribution is -2.08. The summed E-state index contributed by atoms with van der Waals surface area (Å²) in [6.45, 7) is 1.43. The van der Waals surface area contributed by atoms with E-state index >= 15 is 0 Å². The molecule has 1 aliphatic carbocycles. The molecule has 1 saturated carbocycles. The molecule has 10 heavy (non-hydrogen) atoms. The third-order valence-electron chi connectivity index (χ3n) is 1.60. The second-order valence-electron chi connectivity index (χ2n) is 2.38. The molecule has 0 aromatic carbocycles. The maximum Gasteiger partial charge on any atom is 0.0624 e. The van der Waals surface area contributed by atoms with E-state index in [2.05, 4.69) is 6.07 Å². The molecule has 0 radical (unpaired) electrons. The summed E-state index contributed by atoms with van der Waals surface area (Å²) in [5, 5.41) is 15.5. The summed E-state index contributed by atoms with van der Waals surface area (Å²) in [5.41, 5.74) is 0. The molecule has 1 rings (SSSR count). The van der Waals surface area contributed by atoms with E-state index in [1.807, 2.05) is 0 Å². The largest absolute Gasteiger partial charge is 0.199 e. The molecular weight excluding hydrogens is 124 g/mol. The van der Waals surface area contributed by atoms with Gasteiger partial charge in [0.2, 0.25) is 0 Å². The van der Waals surface area contributed by atoms with E-state index < -0.39 is 0 Å². The number of rotatable bonds is 1. The van der Waals surface area contributed by atoms with E-state index in [0.717, 1.165) is 12.3 Å². The second kappa shape index (κ2) is 6.11. The van der Waals surface area contributed by atoms with Gasteiger partial charge in [-0.15, -0.1) is 0 Å². The highest BCUT2D eigenvalue weighted by atomic mass is 14.3. The lowest BCUT2D eigenvalue weighted by molar-refractivity contribution is 0.322. The first kappa shape index (κ1) is 8.98. The summed E-state index contributed by atoms with van der Waals surface area (Å²) in [6.07, 6.45) is 4.74. The SMILES string of the molecule is CC#N.N#CCC1CCC1. The van der Waals surface area contributed by atoms with Crippen LogP contribution in [0.3, 0.4) is 0 Å². The Labute approximate surface area is 62.1 Å². The van der Waals surface area contributed by atoms with Gasteiger partial charge in [0.1, 0.15) is 0 Å². The van der Waals surface area contributed by atoms with E-state index in [4.69, 9.17) is 10.5 Å². The first-order valence-electron chi connectivity index (χ1n) is 3.53. The molecule has 0 aliphatic heterocycles. The normalized spacial score (nSPS) is 15.1. The predicted octanol–water partition coefficient (Wildman–Crippen LogP) is 2.23. The molecule has 2 heteroatoms. The summed E-state index contributed by atoms with van der Waals surface area (Å²) in [6, 6.07) is 3.92. The van der Waals surface area contributed by atoms with Crippen molar-refractivity contribution in [2.75, 3.05) is 0 Å². The van der Waals surface area contributed by atoms with Crippen molar-refractivity contribution in [3.63, 3.8) is 0 Å². The monoisotopic (exact) mass is 136 g/mol. The highest BCUT2D eigenvalue weighted by molar-refractivity contribution is 4.80. The molecule has 0 atom stereocenters. The smallest absolute Gasteiger partial charge is 0.0624 e. The molecular formula is C8H12N2. The molecule has 2 nitrogen and oxygen atoms in total. The van der Waals surface area contributed by atoms with Gasteiger partial charge in [-0.1, -0.05) is 6.42 Å². The lowest BCUT2D eigenvalue weighted by Gasteiger charge is -2.21. The molecule has 0 N–H and O–H groups in total. The Bertz CT molecular complexity index is 146. The first-order valence-corrected chi connectivity index (χ1v) is 3.53. The van der Waals surface area contributed by atoms with Gasteiger partial charge in [0.25, 0.3) is 0 Å². The minimum Gasteiger partial charge on any atom is -0.199 e. The van der Waals surface area contributed by atoms with Crippen molar-refractivity contribution in [3.8, 4) is 12.1 Å². The molecule has 0 aromatic heterocycles. The highest BCUT2D eigenvalue weighted by Crippen LogP contribution is 2.28. The summed E-state index contributed by atoms with van der Waals surface area (Å²) < 4.78 is 0. The molecule has 0 unspecified atom stereocenters. The van der Waals surface area contributed by atoms with Crippen LogP contribution in [0.4, 0.5) is 0 Å². The molecule has 1 fully saturated rings. The van der Waals surface area contributed by atoms with Crippen molar-refractivity contribution in [1.82, 2.24) is 0 Å². The fourth-order valence-electron chi connectivity index (χ4n) is 0.826. The molecule has 0 spiro atoms. The Morgan fingerprint density at radius 3 is 2.00 bits per heavy atom. The third kappa shape index (κ3) is 3.92. The summed E-state index contributed by atoms with van der Waals surface area (Å²) in [5.74, 6) is 0.769. The quantitative estimate of drug-likeness (QED) is 0.555. The van der Waals surface area contributed by atoms with Gasteiger partial charge < -0.3 is 0 Å².